The van der Waals surface area contributed by atoms with E-state index in [0.29, 0.717) is 23.1 Å². The lowest BCUT2D eigenvalue weighted by molar-refractivity contribution is 0.342. The van der Waals surface area contributed by atoms with Gasteiger partial charge in [0.25, 0.3) is 0 Å². The summed E-state index contributed by atoms with van der Waals surface area (Å²) < 4.78 is 5.45. The van der Waals surface area contributed by atoms with Crippen LogP contribution in [0.15, 0.2) is 42.5 Å². The van der Waals surface area contributed by atoms with E-state index in [2.05, 4.69) is 5.32 Å². The predicted octanol–water partition coefficient (Wildman–Crippen LogP) is 4.06. The third-order valence-electron chi connectivity index (χ3n) is 2.47. The number of ether oxygens (including phenoxy) is 1. The van der Waals surface area contributed by atoms with Gasteiger partial charge in [-0.25, -0.2) is 0 Å². The molecule has 0 heterocycles. The van der Waals surface area contributed by atoms with E-state index in [0.717, 1.165) is 11.4 Å². The van der Waals surface area contributed by atoms with Gasteiger partial charge in [0.15, 0.2) is 0 Å². The molecule has 2 rings (SSSR count). The van der Waals surface area contributed by atoms with Gasteiger partial charge < -0.3 is 15.8 Å². The molecule has 4 heteroatoms. The number of hydrogen-bond acceptors (Lipinski definition) is 3. The van der Waals surface area contributed by atoms with Crippen LogP contribution in [-0.4, -0.2) is 6.61 Å². The fourth-order valence-corrected chi connectivity index (χ4v) is 1.85. The van der Waals surface area contributed by atoms with Crippen LogP contribution in [-0.2, 0) is 0 Å². The molecule has 0 bridgehead atoms. The van der Waals surface area contributed by atoms with Crippen LogP contribution in [0.4, 0.5) is 17.1 Å². The summed E-state index contributed by atoms with van der Waals surface area (Å²) in [4.78, 5) is 0. The van der Waals surface area contributed by atoms with Gasteiger partial charge >= 0.3 is 0 Å². The summed E-state index contributed by atoms with van der Waals surface area (Å²) >= 11 is 5.94. The lowest BCUT2D eigenvalue weighted by Crippen LogP contribution is -2.01. The molecule has 2 aromatic carbocycles. The highest BCUT2D eigenvalue weighted by molar-refractivity contribution is 6.30. The summed E-state index contributed by atoms with van der Waals surface area (Å²) in [7, 11) is 0. The third kappa shape index (κ3) is 2.87. The summed E-state index contributed by atoms with van der Waals surface area (Å²) in [6, 6.07) is 13.1. The van der Waals surface area contributed by atoms with Gasteiger partial charge in [-0.2, -0.15) is 0 Å². The van der Waals surface area contributed by atoms with Crippen molar-refractivity contribution in [2.75, 3.05) is 17.7 Å². The van der Waals surface area contributed by atoms with Gasteiger partial charge in [-0.3, -0.25) is 0 Å². The maximum Gasteiger partial charge on any atom is 0.144 e. The largest absolute Gasteiger partial charge is 0.492 e. The zero-order chi connectivity index (χ0) is 13.0. The Morgan fingerprint density at radius 3 is 2.72 bits per heavy atom. The standard InChI is InChI=1S/C14H15ClN2O/c1-2-18-13-8-4-7-12(14(13)16)17-11-6-3-5-10(15)9-11/h3-9,17H,2,16H2,1H3. The lowest BCUT2D eigenvalue weighted by Gasteiger charge is -2.13. The molecule has 0 atom stereocenters. The zero-order valence-electron chi connectivity index (χ0n) is 10.1. The summed E-state index contributed by atoms with van der Waals surface area (Å²) in [5.74, 6) is 0.685. The van der Waals surface area contributed by atoms with Crippen LogP contribution < -0.4 is 15.8 Å². The molecule has 18 heavy (non-hydrogen) atoms. The Morgan fingerprint density at radius 1 is 1.22 bits per heavy atom. The summed E-state index contributed by atoms with van der Waals surface area (Å²) in [6.07, 6.45) is 0. The molecule has 0 saturated carbocycles. The minimum Gasteiger partial charge on any atom is -0.492 e. The molecule has 0 spiro atoms. The number of nitrogens with one attached hydrogen (secondary N) is 1. The van der Waals surface area contributed by atoms with Gasteiger partial charge in [-0.05, 0) is 37.3 Å². The lowest BCUT2D eigenvalue weighted by atomic mass is 10.2. The van der Waals surface area contributed by atoms with Gasteiger partial charge in [0.1, 0.15) is 5.75 Å². The quantitative estimate of drug-likeness (QED) is 0.817. The summed E-state index contributed by atoms with van der Waals surface area (Å²) in [5.41, 5.74) is 8.33. The van der Waals surface area contributed by atoms with Crippen molar-refractivity contribution >= 4 is 28.7 Å². The van der Waals surface area contributed by atoms with Crippen molar-refractivity contribution in [1.82, 2.24) is 0 Å². The van der Waals surface area contributed by atoms with Crippen molar-refractivity contribution in [1.29, 1.82) is 0 Å². The van der Waals surface area contributed by atoms with Crippen molar-refractivity contribution < 1.29 is 4.74 Å². The van der Waals surface area contributed by atoms with Gasteiger partial charge in [0.05, 0.1) is 18.0 Å². The van der Waals surface area contributed by atoms with Crippen LogP contribution in [0.2, 0.25) is 5.02 Å². The van der Waals surface area contributed by atoms with E-state index in [9.17, 15) is 0 Å². The first kappa shape index (κ1) is 12.6. The highest BCUT2D eigenvalue weighted by Gasteiger charge is 2.05. The monoisotopic (exact) mass is 262 g/mol. The molecule has 3 nitrogen and oxygen atoms in total. The number of nitrogen functional groups attached to an aromatic ring is 1. The van der Waals surface area contributed by atoms with Crippen molar-refractivity contribution in [3.63, 3.8) is 0 Å². The maximum absolute atomic E-state index is 6.03. The Bertz CT molecular complexity index is 543. The molecule has 3 N–H and O–H groups in total. The van der Waals surface area contributed by atoms with Gasteiger partial charge in [-0.1, -0.05) is 23.7 Å². The third-order valence-corrected chi connectivity index (χ3v) is 2.70. The second-order valence-electron chi connectivity index (χ2n) is 3.79. The molecule has 0 amide bonds. The Morgan fingerprint density at radius 2 is 2.00 bits per heavy atom. The highest BCUT2D eigenvalue weighted by Crippen LogP contribution is 2.31. The average Bonchev–Trinajstić information content (AvgIpc) is 2.35. The van der Waals surface area contributed by atoms with Crippen LogP contribution in [0.3, 0.4) is 0 Å². The number of para-hydroxylation sites is 1. The maximum atomic E-state index is 6.03. The number of rotatable bonds is 4. The first-order valence-electron chi connectivity index (χ1n) is 5.74. The molecular weight excluding hydrogens is 248 g/mol. The van der Waals surface area contributed by atoms with E-state index in [4.69, 9.17) is 22.1 Å². The Labute approximate surface area is 112 Å². The summed E-state index contributed by atoms with van der Waals surface area (Å²) in [5, 5.41) is 3.90. The van der Waals surface area contributed by atoms with Crippen molar-refractivity contribution in [3.8, 4) is 5.75 Å². The molecule has 0 fully saturated rings. The molecule has 0 aromatic heterocycles. The fourth-order valence-electron chi connectivity index (χ4n) is 1.66. The minimum absolute atomic E-state index is 0.588. The molecule has 0 aliphatic rings. The molecule has 0 aliphatic heterocycles. The van der Waals surface area contributed by atoms with E-state index in [-0.39, 0.29) is 0 Å². The molecule has 0 radical (unpaired) electrons. The second kappa shape index (κ2) is 5.65. The normalized spacial score (nSPS) is 10.1. The first-order valence-corrected chi connectivity index (χ1v) is 6.12. The Hall–Kier alpha value is -1.87. The van der Waals surface area contributed by atoms with Crippen molar-refractivity contribution in [2.45, 2.75) is 6.92 Å². The van der Waals surface area contributed by atoms with Crippen LogP contribution in [0.25, 0.3) is 0 Å². The zero-order valence-corrected chi connectivity index (χ0v) is 10.9. The molecule has 0 unspecified atom stereocenters. The van der Waals surface area contributed by atoms with E-state index in [1.807, 2.05) is 49.4 Å². The minimum atomic E-state index is 0.588. The van der Waals surface area contributed by atoms with Gasteiger partial charge in [-0.15, -0.1) is 0 Å². The van der Waals surface area contributed by atoms with E-state index in [1.165, 1.54) is 0 Å². The van der Waals surface area contributed by atoms with E-state index < -0.39 is 0 Å². The van der Waals surface area contributed by atoms with Gasteiger partial charge in [0, 0.05) is 10.7 Å². The molecular formula is C14H15ClN2O. The smallest absolute Gasteiger partial charge is 0.144 e. The van der Waals surface area contributed by atoms with Crippen LogP contribution in [0, 0.1) is 0 Å². The number of hydrogen-bond donors (Lipinski definition) is 2. The first-order chi connectivity index (χ1) is 8.70. The van der Waals surface area contributed by atoms with Gasteiger partial charge in [0.2, 0.25) is 0 Å². The number of benzene rings is 2. The molecule has 2 aromatic rings. The predicted molar refractivity (Wildman–Crippen MR) is 76.8 cm³/mol. The number of anilines is 3. The number of nitrogens with two attached hydrogens (primary N) is 1. The Kier molecular flexibility index (Phi) is 3.95. The van der Waals surface area contributed by atoms with Crippen molar-refractivity contribution in [2.24, 2.45) is 0 Å². The highest BCUT2D eigenvalue weighted by atomic mass is 35.5. The fraction of sp³-hybridized carbons (Fsp3) is 0.143. The molecule has 0 aliphatic carbocycles. The number of halogens is 1. The van der Waals surface area contributed by atoms with Crippen molar-refractivity contribution in [3.05, 3.63) is 47.5 Å². The topological polar surface area (TPSA) is 47.3 Å². The summed E-state index contributed by atoms with van der Waals surface area (Å²) in [6.45, 7) is 2.52. The second-order valence-corrected chi connectivity index (χ2v) is 4.22. The van der Waals surface area contributed by atoms with E-state index in [1.54, 1.807) is 0 Å². The SMILES string of the molecule is CCOc1cccc(Nc2cccc(Cl)c2)c1N. The average molecular weight is 263 g/mol. The van der Waals surface area contributed by atoms with Crippen LogP contribution >= 0.6 is 11.6 Å². The molecule has 0 saturated heterocycles. The van der Waals surface area contributed by atoms with Crippen LogP contribution in [0.5, 0.6) is 5.75 Å². The van der Waals surface area contributed by atoms with Crippen LogP contribution in [0.1, 0.15) is 6.92 Å². The van der Waals surface area contributed by atoms with E-state index >= 15 is 0 Å². The Balaban J connectivity index is 2.26. The molecule has 94 valence electrons.